The number of aryl methyl sites for hydroxylation is 1. The summed E-state index contributed by atoms with van der Waals surface area (Å²) in [5, 5.41) is 1.21. The third-order valence-corrected chi connectivity index (χ3v) is 14.3. The number of Topliss-reactive ketones (excluding diaryl/α,β-unsaturated/α-hetero) is 2. The van der Waals surface area contributed by atoms with Crippen LogP contribution in [0.15, 0.2) is 37.1 Å². The molecule has 5 atom stereocenters. The molecule has 0 N–H and O–H groups in total. The maximum atomic E-state index is 14.7. The monoisotopic (exact) mass is 734 g/mol. The molecule has 1 amide bonds. The molecule has 5 aliphatic rings. The predicted molar refractivity (Wildman–Crippen MR) is 194 cm³/mol. The summed E-state index contributed by atoms with van der Waals surface area (Å²) in [5.41, 5.74) is -0.149. The summed E-state index contributed by atoms with van der Waals surface area (Å²) in [5.74, 6) is -1.84. The van der Waals surface area contributed by atoms with Crippen molar-refractivity contribution in [2.45, 2.75) is 107 Å². The number of methoxy groups -OCH3 is 1. The third kappa shape index (κ3) is 7.50. The number of fused-ring (bicyclic) bond motifs is 3. The number of hydrogen-bond donors (Lipinski definition) is 0. The quantitative estimate of drug-likeness (QED) is 0.231. The molecular weight excluding hydrogens is 685 g/mol. The molecular formula is C40H50N2O9S. The molecule has 4 fully saturated rings. The molecule has 0 spiro atoms. The van der Waals surface area contributed by atoms with E-state index in [9.17, 15) is 27.6 Å². The van der Waals surface area contributed by atoms with Gasteiger partial charge in [-0.1, -0.05) is 18.9 Å². The summed E-state index contributed by atoms with van der Waals surface area (Å²) in [4.78, 5) is 62.2. The van der Waals surface area contributed by atoms with E-state index in [1.165, 1.54) is 0 Å². The lowest BCUT2D eigenvalue weighted by molar-refractivity contribution is -0.151. The van der Waals surface area contributed by atoms with Gasteiger partial charge in [-0.15, -0.1) is 6.58 Å². The van der Waals surface area contributed by atoms with Crippen LogP contribution < -0.4 is 9.47 Å². The fourth-order valence-corrected chi connectivity index (χ4v) is 10.6. The average molecular weight is 735 g/mol. The largest absolute Gasteiger partial charge is 0.496 e. The van der Waals surface area contributed by atoms with Gasteiger partial charge in [-0.2, -0.15) is 0 Å². The van der Waals surface area contributed by atoms with Crippen LogP contribution in [0.4, 0.5) is 0 Å². The van der Waals surface area contributed by atoms with E-state index in [1.54, 1.807) is 24.3 Å². The summed E-state index contributed by atoms with van der Waals surface area (Å²) in [6.07, 6.45) is 10.8. The first-order chi connectivity index (χ1) is 25.0. The van der Waals surface area contributed by atoms with Crippen LogP contribution in [-0.4, -0.2) is 85.2 Å². The van der Waals surface area contributed by atoms with Crippen LogP contribution in [0.5, 0.6) is 11.6 Å². The number of sulfone groups is 1. The molecule has 3 heterocycles. The number of rotatable bonds is 10. The van der Waals surface area contributed by atoms with Crippen molar-refractivity contribution in [1.82, 2.24) is 9.88 Å². The highest BCUT2D eigenvalue weighted by Crippen LogP contribution is 2.57. The number of aromatic nitrogens is 1. The Kier molecular flexibility index (Phi) is 10.5. The maximum absolute atomic E-state index is 14.7. The van der Waals surface area contributed by atoms with E-state index in [2.05, 4.69) is 11.6 Å². The SMILES string of the molecule is C=C[C@H]1C[C@]1(CC(=O)[C@@H]1C[C@@H]2CN1C(=O)[C@H](C1CCCC1)CC(=O)OCCCCCc1cc3c(nccc3cc1OC)O2)C(=O)CS(=O)(=O)C1CC1. The number of carbonyl (C=O) groups excluding carboxylic acids is 4. The number of hydrogen-bond acceptors (Lipinski definition) is 10. The van der Waals surface area contributed by atoms with Crippen LogP contribution in [0.1, 0.15) is 89.0 Å². The molecule has 52 heavy (non-hydrogen) atoms. The van der Waals surface area contributed by atoms with E-state index >= 15 is 0 Å². The minimum atomic E-state index is -3.58. The molecule has 1 saturated heterocycles. The van der Waals surface area contributed by atoms with Gasteiger partial charge in [-0.05, 0) is 98.8 Å². The highest BCUT2D eigenvalue weighted by Gasteiger charge is 2.61. The number of esters is 1. The summed E-state index contributed by atoms with van der Waals surface area (Å²) in [7, 11) is -1.94. The second kappa shape index (κ2) is 14.9. The molecule has 4 bridgehead atoms. The van der Waals surface area contributed by atoms with E-state index in [4.69, 9.17) is 14.2 Å². The summed E-state index contributed by atoms with van der Waals surface area (Å²) >= 11 is 0. The zero-order chi connectivity index (χ0) is 36.6. The minimum absolute atomic E-state index is 0.0105. The summed E-state index contributed by atoms with van der Waals surface area (Å²) < 4.78 is 43.7. The molecule has 2 aromatic rings. The number of ketones is 2. The molecule has 11 nitrogen and oxygen atoms in total. The molecule has 0 unspecified atom stereocenters. The van der Waals surface area contributed by atoms with E-state index in [-0.39, 0.29) is 55.9 Å². The summed E-state index contributed by atoms with van der Waals surface area (Å²) in [6, 6.07) is 4.97. The van der Waals surface area contributed by atoms with Crippen LogP contribution in [0.2, 0.25) is 0 Å². The van der Waals surface area contributed by atoms with E-state index in [1.807, 2.05) is 18.2 Å². The lowest BCUT2D eigenvalue weighted by Gasteiger charge is -2.31. The van der Waals surface area contributed by atoms with Gasteiger partial charge in [0.25, 0.3) is 0 Å². The van der Waals surface area contributed by atoms with Gasteiger partial charge in [-0.25, -0.2) is 13.4 Å². The molecule has 12 heteroatoms. The molecule has 2 aliphatic heterocycles. The van der Waals surface area contributed by atoms with Gasteiger partial charge < -0.3 is 19.1 Å². The van der Waals surface area contributed by atoms with Gasteiger partial charge in [0, 0.05) is 29.8 Å². The van der Waals surface area contributed by atoms with Crippen LogP contribution in [-0.2, 0) is 40.2 Å². The van der Waals surface area contributed by atoms with Crippen LogP contribution in [0.3, 0.4) is 0 Å². The Morgan fingerprint density at radius 1 is 1.10 bits per heavy atom. The zero-order valence-electron chi connectivity index (χ0n) is 30.1. The molecule has 0 radical (unpaired) electrons. The fourth-order valence-electron chi connectivity index (χ4n) is 8.90. The Bertz CT molecular complexity index is 1850. The van der Waals surface area contributed by atoms with Crippen LogP contribution >= 0.6 is 0 Å². The van der Waals surface area contributed by atoms with Crippen molar-refractivity contribution < 1.29 is 41.8 Å². The number of nitrogens with zero attached hydrogens (tertiary/aromatic N) is 2. The first-order valence-electron chi connectivity index (χ1n) is 19.0. The minimum Gasteiger partial charge on any atom is -0.496 e. The number of carbonyl (C=O) groups is 4. The number of amides is 1. The Balaban J connectivity index is 1.21. The lowest BCUT2D eigenvalue weighted by atomic mass is 9.85. The normalized spacial score (nSPS) is 28.9. The number of allylic oxidation sites excluding steroid dienone is 1. The maximum Gasteiger partial charge on any atom is 0.306 e. The van der Waals surface area contributed by atoms with Gasteiger partial charge in [0.1, 0.15) is 17.6 Å². The van der Waals surface area contributed by atoms with E-state index in [0.29, 0.717) is 31.6 Å². The topological polar surface area (TPSA) is 146 Å². The first-order valence-corrected chi connectivity index (χ1v) is 20.7. The highest BCUT2D eigenvalue weighted by molar-refractivity contribution is 7.93. The molecule has 3 saturated carbocycles. The fraction of sp³-hybridized carbons (Fsp3) is 0.625. The van der Waals surface area contributed by atoms with E-state index < -0.39 is 56.1 Å². The van der Waals surface area contributed by atoms with Gasteiger partial charge in [0.15, 0.2) is 21.4 Å². The average Bonchev–Trinajstić information content (AvgIpc) is 4.00. The van der Waals surface area contributed by atoms with Crippen molar-refractivity contribution in [2.24, 2.45) is 23.2 Å². The Labute approximate surface area is 305 Å². The second-order valence-corrected chi connectivity index (χ2v) is 17.9. The molecule has 7 rings (SSSR count). The van der Waals surface area contributed by atoms with Crippen molar-refractivity contribution in [3.05, 3.63) is 42.6 Å². The molecule has 1 aromatic carbocycles. The highest BCUT2D eigenvalue weighted by atomic mass is 32.2. The van der Waals surface area contributed by atoms with Gasteiger partial charge in [-0.3, -0.25) is 19.2 Å². The zero-order valence-corrected chi connectivity index (χ0v) is 30.9. The first kappa shape index (κ1) is 36.6. The van der Waals surface area contributed by atoms with Crippen molar-refractivity contribution in [2.75, 3.05) is 26.0 Å². The van der Waals surface area contributed by atoms with Gasteiger partial charge >= 0.3 is 5.97 Å². The Morgan fingerprint density at radius 2 is 1.88 bits per heavy atom. The van der Waals surface area contributed by atoms with Crippen molar-refractivity contribution in [1.29, 1.82) is 0 Å². The van der Waals surface area contributed by atoms with Crippen LogP contribution in [0.25, 0.3) is 10.8 Å². The third-order valence-electron chi connectivity index (χ3n) is 12.2. The molecule has 280 valence electrons. The smallest absolute Gasteiger partial charge is 0.306 e. The lowest BCUT2D eigenvalue weighted by Crippen LogP contribution is -2.46. The molecule has 3 aliphatic carbocycles. The van der Waals surface area contributed by atoms with Crippen LogP contribution in [0, 0.1) is 23.2 Å². The molecule has 1 aromatic heterocycles. The number of pyridine rings is 1. The van der Waals surface area contributed by atoms with Gasteiger partial charge in [0.05, 0.1) is 43.9 Å². The predicted octanol–water partition coefficient (Wildman–Crippen LogP) is 5.36. The van der Waals surface area contributed by atoms with E-state index in [0.717, 1.165) is 67.0 Å². The Morgan fingerprint density at radius 3 is 2.60 bits per heavy atom. The van der Waals surface area contributed by atoms with Gasteiger partial charge in [0.2, 0.25) is 11.8 Å². The number of benzene rings is 1. The van der Waals surface area contributed by atoms with Crippen molar-refractivity contribution in [3.8, 4) is 11.6 Å². The number of cyclic esters (lactones) is 1. The Hall–Kier alpha value is -3.80. The summed E-state index contributed by atoms with van der Waals surface area (Å²) in [6.45, 7) is 4.24. The van der Waals surface area contributed by atoms with Crippen molar-refractivity contribution >= 4 is 44.1 Å². The number of ether oxygens (including phenoxy) is 3. The van der Waals surface area contributed by atoms with Crippen molar-refractivity contribution in [3.63, 3.8) is 0 Å². The standard InChI is InChI=1S/C40H50N2O9S/c1-3-28-21-40(28,36(44)24-52(47,48)30-12-13-30)22-34(43)33-19-29-23-42(33)39(46)32(25-9-6-7-10-25)20-37(45)50-16-8-4-5-11-27-17-31-26(18-35(27)49-2)14-15-41-38(31)51-29/h3,14-15,17-18,25,28-30,32-33H,1,4-13,16,19-24H2,2H3/t28-,29+,32-,33-,40+/m0/s1. The second-order valence-electron chi connectivity index (χ2n) is 15.6.